The first-order valence-corrected chi connectivity index (χ1v) is 5.51. The Morgan fingerprint density at radius 3 is 2.44 bits per heavy atom. The highest BCUT2D eigenvalue weighted by Crippen LogP contribution is 2.13. The van der Waals surface area contributed by atoms with E-state index in [4.69, 9.17) is 10.8 Å². The average molecular weight is 230 g/mol. The Hall–Kier alpha value is -1.10. The van der Waals surface area contributed by atoms with E-state index in [2.05, 4.69) is 5.32 Å². The zero-order chi connectivity index (χ0) is 12.8. The number of hydrogen-bond acceptors (Lipinski definition) is 3. The predicted molar refractivity (Wildman–Crippen MR) is 61.9 cm³/mol. The number of carboxylic acids is 1. The lowest BCUT2D eigenvalue weighted by molar-refractivity contribution is -0.146. The Bertz CT molecular complexity index is 250. The number of hydrogen-bond donors (Lipinski definition) is 3. The van der Waals surface area contributed by atoms with Gasteiger partial charge in [0.05, 0.1) is 5.41 Å². The third-order valence-corrected chi connectivity index (χ3v) is 2.37. The highest BCUT2D eigenvalue weighted by Gasteiger charge is 2.27. The molecule has 1 unspecified atom stereocenters. The maximum Gasteiger partial charge on any atom is 0.310 e. The zero-order valence-corrected chi connectivity index (χ0v) is 10.2. The number of rotatable bonds is 7. The van der Waals surface area contributed by atoms with Crippen LogP contribution in [-0.2, 0) is 9.59 Å². The fraction of sp³-hybridized carbons (Fsp3) is 0.818. The van der Waals surface area contributed by atoms with Crippen molar-refractivity contribution in [1.82, 2.24) is 5.32 Å². The lowest BCUT2D eigenvalue weighted by Crippen LogP contribution is -2.38. The lowest BCUT2D eigenvalue weighted by Gasteiger charge is -2.19. The summed E-state index contributed by atoms with van der Waals surface area (Å²) >= 11 is 0. The molecule has 0 heterocycles. The molecular formula is C11H22N2O3. The van der Waals surface area contributed by atoms with E-state index in [1.165, 1.54) is 0 Å². The second kappa shape index (κ2) is 6.48. The molecule has 0 aliphatic heterocycles. The van der Waals surface area contributed by atoms with Crippen LogP contribution in [0, 0.1) is 5.41 Å². The van der Waals surface area contributed by atoms with Gasteiger partial charge in [-0.2, -0.15) is 0 Å². The molecule has 0 radical (unpaired) electrons. The number of nitrogens with two attached hydrogens (primary N) is 1. The summed E-state index contributed by atoms with van der Waals surface area (Å²) in [6.45, 7) is 5.21. The van der Waals surface area contributed by atoms with Crippen molar-refractivity contribution < 1.29 is 14.7 Å². The van der Waals surface area contributed by atoms with E-state index in [1.54, 1.807) is 13.8 Å². The van der Waals surface area contributed by atoms with Gasteiger partial charge in [-0.05, 0) is 33.6 Å². The van der Waals surface area contributed by atoms with Crippen molar-refractivity contribution in [3.05, 3.63) is 0 Å². The molecule has 0 rings (SSSR count). The molecule has 0 aromatic rings. The number of carboxylic acid groups (broad SMARTS) is 1. The van der Waals surface area contributed by atoms with Crippen LogP contribution in [0.4, 0.5) is 0 Å². The minimum atomic E-state index is -0.920. The summed E-state index contributed by atoms with van der Waals surface area (Å²) in [7, 11) is 0. The van der Waals surface area contributed by atoms with Crippen LogP contribution < -0.4 is 11.1 Å². The lowest BCUT2D eigenvalue weighted by atomic mass is 9.94. The van der Waals surface area contributed by atoms with Gasteiger partial charge >= 0.3 is 5.97 Å². The van der Waals surface area contributed by atoms with E-state index in [0.29, 0.717) is 6.42 Å². The highest BCUT2D eigenvalue weighted by molar-refractivity contribution is 5.78. The van der Waals surface area contributed by atoms with Crippen LogP contribution in [0.15, 0.2) is 0 Å². The van der Waals surface area contributed by atoms with Crippen LogP contribution in [0.25, 0.3) is 0 Å². The van der Waals surface area contributed by atoms with Crippen molar-refractivity contribution in [2.45, 2.75) is 46.1 Å². The SMILES string of the molecule is CC(N)CCCC(=O)NCC(C)(C)C(=O)O. The van der Waals surface area contributed by atoms with Gasteiger partial charge in [0.15, 0.2) is 0 Å². The molecule has 0 aliphatic rings. The second-order valence-electron chi connectivity index (χ2n) is 4.84. The molecule has 0 aromatic carbocycles. The molecule has 5 nitrogen and oxygen atoms in total. The maximum atomic E-state index is 11.3. The van der Waals surface area contributed by atoms with Gasteiger partial charge in [0, 0.05) is 19.0 Å². The van der Waals surface area contributed by atoms with Gasteiger partial charge in [-0.25, -0.2) is 0 Å². The molecule has 1 amide bonds. The quantitative estimate of drug-likeness (QED) is 0.601. The summed E-state index contributed by atoms with van der Waals surface area (Å²) < 4.78 is 0. The Morgan fingerprint density at radius 1 is 1.44 bits per heavy atom. The van der Waals surface area contributed by atoms with Crippen LogP contribution in [0.5, 0.6) is 0 Å². The Balaban J connectivity index is 3.77. The summed E-state index contributed by atoms with van der Waals surface area (Å²) in [6, 6.07) is 0.100. The van der Waals surface area contributed by atoms with Gasteiger partial charge in [-0.3, -0.25) is 9.59 Å². The van der Waals surface area contributed by atoms with Gasteiger partial charge in [-0.1, -0.05) is 0 Å². The number of nitrogens with one attached hydrogen (secondary N) is 1. The summed E-state index contributed by atoms with van der Waals surface area (Å²) in [5.41, 5.74) is 4.63. The smallest absolute Gasteiger partial charge is 0.310 e. The molecule has 0 spiro atoms. The standard InChI is InChI=1S/C11H22N2O3/c1-8(12)5-4-6-9(14)13-7-11(2,3)10(15)16/h8H,4-7,12H2,1-3H3,(H,13,14)(H,15,16). The molecule has 16 heavy (non-hydrogen) atoms. The molecule has 0 saturated heterocycles. The van der Waals surface area contributed by atoms with E-state index < -0.39 is 11.4 Å². The van der Waals surface area contributed by atoms with E-state index in [9.17, 15) is 9.59 Å². The van der Waals surface area contributed by atoms with Crippen LogP contribution in [0.1, 0.15) is 40.0 Å². The van der Waals surface area contributed by atoms with Gasteiger partial charge in [-0.15, -0.1) is 0 Å². The minimum absolute atomic E-state index is 0.100. The van der Waals surface area contributed by atoms with Crippen molar-refractivity contribution in [3.8, 4) is 0 Å². The fourth-order valence-corrected chi connectivity index (χ4v) is 1.07. The molecule has 94 valence electrons. The largest absolute Gasteiger partial charge is 0.481 e. The molecule has 4 N–H and O–H groups in total. The van der Waals surface area contributed by atoms with Crippen molar-refractivity contribution in [2.75, 3.05) is 6.54 Å². The summed E-state index contributed by atoms with van der Waals surface area (Å²) in [5.74, 6) is -1.03. The topological polar surface area (TPSA) is 92.4 Å². The average Bonchev–Trinajstić information content (AvgIpc) is 2.14. The predicted octanol–water partition coefficient (Wildman–Crippen LogP) is 0.731. The molecule has 1 atom stereocenters. The van der Waals surface area contributed by atoms with Gasteiger partial charge in [0.25, 0.3) is 0 Å². The molecule has 0 aromatic heterocycles. The van der Waals surface area contributed by atoms with Crippen LogP contribution >= 0.6 is 0 Å². The van der Waals surface area contributed by atoms with Crippen molar-refractivity contribution >= 4 is 11.9 Å². The van der Waals surface area contributed by atoms with Crippen molar-refractivity contribution in [2.24, 2.45) is 11.1 Å². The molecule has 0 aliphatic carbocycles. The summed E-state index contributed by atoms with van der Waals surface area (Å²) in [5, 5.41) is 11.5. The third kappa shape index (κ3) is 6.40. The molecular weight excluding hydrogens is 208 g/mol. The minimum Gasteiger partial charge on any atom is -0.481 e. The van der Waals surface area contributed by atoms with E-state index in [-0.39, 0.29) is 18.5 Å². The van der Waals surface area contributed by atoms with Crippen LogP contribution in [-0.4, -0.2) is 29.6 Å². The van der Waals surface area contributed by atoms with Gasteiger partial charge < -0.3 is 16.2 Å². The number of aliphatic carboxylic acids is 1. The van der Waals surface area contributed by atoms with E-state index >= 15 is 0 Å². The Morgan fingerprint density at radius 2 is 2.00 bits per heavy atom. The molecule has 0 bridgehead atoms. The number of carbonyl (C=O) groups excluding carboxylic acids is 1. The maximum absolute atomic E-state index is 11.3. The Labute approximate surface area is 96.4 Å². The first-order chi connectivity index (χ1) is 7.25. The van der Waals surface area contributed by atoms with Crippen molar-refractivity contribution in [1.29, 1.82) is 0 Å². The van der Waals surface area contributed by atoms with Gasteiger partial charge in [0.1, 0.15) is 0 Å². The van der Waals surface area contributed by atoms with E-state index in [0.717, 1.165) is 12.8 Å². The molecule has 0 saturated carbocycles. The summed E-state index contributed by atoms with van der Waals surface area (Å²) in [6.07, 6.45) is 1.93. The summed E-state index contributed by atoms with van der Waals surface area (Å²) in [4.78, 5) is 22.1. The number of carbonyl (C=O) groups is 2. The second-order valence-corrected chi connectivity index (χ2v) is 4.84. The monoisotopic (exact) mass is 230 g/mol. The van der Waals surface area contributed by atoms with Crippen molar-refractivity contribution in [3.63, 3.8) is 0 Å². The van der Waals surface area contributed by atoms with E-state index in [1.807, 2.05) is 6.92 Å². The van der Waals surface area contributed by atoms with Gasteiger partial charge in [0.2, 0.25) is 5.91 Å². The normalized spacial score (nSPS) is 13.2. The van der Waals surface area contributed by atoms with Crippen LogP contribution in [0.2, 0.25) is 0 Å². The molecule has 5 heteroatoms. The fourth-order valence-electron chi connectivity index (χ4n) is 1.07. The first kappa shape index (κ1) is 14.9. The zero-order valence-electron chi connectivity index (χ0n) is 10.2. The van der Waals surface area contributed by atoms with Crippen LogP contribution in [0.3, 0.4) is 0 Å². The Kier molecular flexibility index (Phi) is 6.03. The third-order valence-electron chi connectivity index (χ3n) is 2.37. The first-order valence-electron chi connectivity index (χ1n) is 5.51. The number of amides is 1. The molecule has 0 fully saturated rings. The highest BCUT2D eigenvalue weighted by atomic mass is 16.4.